The Morgan fingerprint density at radius 3 is 2.77 bits per heavy atom. The van der Waals surface area contributed by atoms with Crippen molar-refractivity contribution in [3.8, 4) is 0 Å². The number of pyridine rings is 1. The second-order valence-corrected chi connectivity index (χ2v) is 6.75. The maximum Gasteiger partial charge on any atom is 0.253 e. The van der Waals surface area contributed by atoms with Gasteiger partial charge >= 0.3 is 0 Å². The van der Waals surface area contributed by atoms with Crippen LogP contribution in [-0.2, 0) is 13.1 Å². The Morgan fingerprint density at radius 2 is 2.08 bits per heavy atom. The minimum atomic E-state index is -0.0880. The lowest BCUT2D eigenvalue weighted by Gasteiger charge is -2.24. The second-order valence-electron chi connectivity index (χ2n) is 6.37. The molecule has 0 saturated carbocycles. The van der Waals surface area contributed by atoms with Crippen molar-refractivity contribution >= 4 is 28.2 Å². The molecule has 6 heteroatoms. The van der Waals surface area contributed by atoms with Gasteiger partial charge in [-0.25, -0.2) is 0 Å². The lowest BCUT2D eigenvalue weighted by Crippen LogP contribution is -2.39. The van der Waals surface area contributed by atoms with Gasteiger partial charge in [0.25, 0.3) is 5.56 Å². The standard InChI is InChI=1S/C20H23N3O2S/c1-4-21-20(26)23(12-17-6-5-9-25-17)11-16-10-15-8-7-13(2)14(3)18(15)22-19(16)24/h5-10H,4,11-12H2,1-3H3,(H,21,26)(H,22,24). The molecule has 136 valence electrons. The lowest BCUT2D eigenvalue weighted by molar-refractivity contribution is 0.351. The fourth-order valence-electron chi connectivity index (χ4n) is 2.95. The number of nitrogens with one attached hydrogen (secondary N) is 2. The van der Waals surface area contributed by atoms with Crippen LogP contribution in [0.1, 0.15) is 29.4 Å². The number of aryl methyl sites for hydroxylation is 2. The molecule has 0 radical (unpaired) electrons. The summed E-state index contributed by atoms with van der Waals surface area (Å²) in [6.07, 6.45) is 1.64. The molecule has 1 aromatic carbocycles. The van der Waals surface area contributed by atoms with Crippen LogP contribution in [0.3, 0.4) is 0 Å². The van der Waals surface area contributed by atoms with Gasteiger partial charge in [-0.1, -0.05) is 12.1 Å². The van der Waals surface area contributed by atoms with Gasteiger partial charge < -0.3 is 19.6 Å². The van der Waals surface area contributed by atoms with Gasteiger partial charge in [-0.15, -0.1) is 0 Å². The zero-order valence-electron chi connectivity index (χ0n) is 15.3. The first kappa shape index (κ1) is 18.2. The molecule has 0 spiro atoms. The number of furan rings is 1. The van der Waals surface area contributed by atoms with Crippen LogP contribution in [0.5, 0.6) is 0 Å². The van der Waals surface area contributed by atoms with Gasteiger partial charge in [0.2, 0.25) is 0 Å². The summed E-state index contributed by atoms with van der Waals surface area (Å²) in [5, 5.41) is 4.78. The quantitative estimate of drug-likeness (QED) is 0.673. The summed E-state index contributed by atoms with van der Waals surface area (Å²) < 4.78 is 5.44. The largest absolute Gasteiger partial charge is 0.467 e. The van der Waals surface area contributed by atoms with E-state index in [1.54, 1.807) is 6.26 Å². The molecule has 0 aliphatic heterocycles. The van der Waals surface area contributed by atoms with E-state index in [1.807, 2.05) is 49.9 Å². The van der Waals surface area contributed by atoms with Crippen molar-refractivity contribution in [1.29, 1.82) is 0 Å². The molecule has 0 unspecified atom stereocenters. The number of rotatable bonds is 5. The zero-order chi connectivity index (χ0) is 18.7. The van der Waals surface area contributed by atoms with Crippen molar-refractivity contribution in [2.24, 2.45) is 0 Å². The van der Waals surface area contributed by atoms with Gasteiger partial charge in [0.1, 0.15) is 5.76 Å². The third kappa shape index (κ3) is 3.80. The molecule has 3 rings (SSSR count). The van der Waals surface area contributed by atoms with Crippen molar-refractivity contribution in [3.05, 3.63) is 69.4 Å². The summed E-state index contributed by atoms with van der Waals surface area (Å²) in [6.45, 7) is 7.69. The smallest absolute Gasteiger partial charge is 0.253 e. The summed E-state index contributed by atoms with van der Waals surface area (Å²) in [5.41, 5.74) is 3.74. The Labute approximate surface area is 158 Å². The molecule has 0 fully saturated rings. The van der Waals surface area contributed by atoms with Gasteiger partial charge in [0.05, 0.1) is 24.9 Å². The predicted molar refractivity (Wildman–Crippen MR) is 108 cm³/mol. The number of aromatic nitrogens is 1. The third-order valence-corrected chi connectivity index (χ3v) is 4.93. The molecule has 5 nitrogen and oxygen atoms in total. The van der Waals surface area contributed by atoms with Crippen molar-refractivity contribution in [2.45, 2.75) is 33.9 Å². The highest BCUT2D eigenvalue weighted by molar-refractivity contribution is 7.80. The SMILES string of the molecule is CCNC(=S)N(Cc1ccco1)Cc1cc2ccc(C)c(C)c2[nH]c1=O. The Hall–Kier alpha value is -2.60. The molecule has 3 aromatic rings. The number of nitrogens with zero attached hydrogens (tertiary/aromatic N) is 1. The fraction of sp³-hybridized carbons (Fsp3) is 0.300. The second kappa shape index (κ2) is 7.74. The van der Waals surface area contributed by atoms with Crippen LogP contribution in [0.2, 0.25) is 0 Å². The van der Waals surface area contributed by atoms with Crippen molar-refractivity contribution in [3.63, 3.8) is 0 Å². The van der Waals surface area contributed by atoms with E-state index in [-0.39, 0.29) is 5.56 Å². The first-order valence-electron chi connectivity index (χ1n) is 8.67. The molecule has 0 aliphatic rings. The monoisotopic (exact) mass is 369 g/mol. The zero-order valence-corrected chi connectivity index (χ0v) is 16.1. The average Bonchev–Trinajstić information content (AvgIpc) is 3.12. The number of aromatic amines is 1. The first-order valence-corrected chi connectivity index (χ1v) is 9.07. The highest BCUT2D eigenvalue weighted by Gasteiger charge is 2.15. The molecular formula is C20H23N3O2S. The van der Waals surface area contributed by atoms with E-state index in [4.69, 9.17) is 16.6 Å². The van der Waals surface area contributed by atoms with Crippen molar-refractivity contribution in [2.75, 3.05) is 6.54 Å². The van der Waals surface area contributed by atoms with Crippen molar-refractivity contribution in [1.82, 2.24) is 15.2 Å². The van der Waals surface area contributed by atoms with Crippen LogP contribution in [-0.4, -0.2) is 21.5 Å². The normalized spacial score (nSPS) is 10.9. The highest BCUT2D eigenvalue weighted by atomic mass is 32.1. The first-order chi connectivity index (χ1) is 12.5. The number of hydrogen-bond donors (Lipinski definition) is 2. The Balaban J connectivity index is 1.95. The third-order valence-electron chi connectivity index (χ3n) is 4.53. The van der Waals surface area contributed by atoms with Crippen LogP contribution in [0.15, 0.2) is 45.8 Å². The number of thiocarbonyl (C=S) groups is 1. The molecule has 2 heterocycles. The number of fused-ring (bicyclic) bond motifs is 1. The van der Waals surface area contributed by atoms with Crippen LogP contribution < -0.4 is 10.9 Å². The summed E-state index contributed by atoms with van der Waals surface area (Å²) in [5.74, 6) is 0.800. The summed E-state index contributed by atoms with van der Waals surface area (Å²) in [7, 11) is 0. The van der Waals surface area contributed by atoms with Gasteiger partial charge in [0, 0.05) is 12.1 Å². The summed E-state index contributed by atoms with van der Waals surface area (Å²) in [6, 6.07) is 9.81. The molecule has 0 amide bonds. The van der Waals surface area contributed by atoms with Gasteiger partial charge in [0.15, 0.2) is 5.11 Å². The Morgan fingerprint density at radius 1 is 1.27 bits per heavy atom. The van der Waals surface area contributed by atoms with Crippen LogP contribution in [0, 0.1) is 13.8 Å². The van der Waals surface area contributed by atoms with E-state index in [0.29, 0.717) is 23.8 Å². The van der Waals surface area contributed by atoms with E-state index < -0.39 is 0 Å². The Kier molecular flexibility index (Phi) is 5.42. The Bertz CT molecular complexity index is 977. The highest BCUT2D eigenvalue weighted by Crippen LogP contribution is 2.19. The maximum absolute atomic E-state index is 12.6. The molecule has 26 heavy (non-hydrogen) atoms. The van der Waals surface area contributed by atoms with E-state index in [9.17, 15) is 4.79 Å². The van der Waals surface area contributed by atoms with E-state index >= 15 is 0 Å². The van der Waals surface area contributed by atoms with Crippen LogP contribution in [0.4, 0.5) is 0 Å². The topological polar surface area (TPSA) is 61.3 Å². The minimum Gasteiger partial charge on any atom is -0.467 e. The van der Waals surface area contributed by atoms with Gasteiger partial charge in [-0.3, -0.25) is 4.79 Å². The summed E-state index contributed by atoms with van der Waals surface area (Å²) >= 11 is 5.48. The predicted octanol–water partition coefficient (Wildman–Crippen LogP) is 3.63. The molecule has 0 saturated heterocycles. The van der Waals surface area contributed by atoms with Crippen LogP contribution in [0.25, 0.3) is 10.9 Å². The number of benzene rings is 1. The van der Waals surface area contributed by atoms with Crippen LogP contribution >= 0.6 is 12.2 Å². The van der Waals surface area contributed by atoms with E-state index in [1.165, 1.54) is 0 Å². The maximum atomic E-state index is 12.6. The van der Waals surface area contributed by atoms with Gasteiger partial charge in [-0.2, -0.15) is 0 Å². The number of H-pyrrole nitrogens is 1. The average molecular weight is 369 g/mol. The molecule has 2 N–H and O–H groups in total. The van der Waals surface area contributed by atoms with E-state index in [2.05, 4.69) is 16.4 Å². The number of hydrogen-bond acceptors (Lipinski definition) is 3. The molecule has 0 atom stereocenters. The molecule has 2 aromatic heterocycles. The van der Waals surface area contributed by atoms with Gasteiger partial charge in [-0.05, 0) is 67.7 Å². The summed E-state index contributed by atoms with van der Waals surface area (Å²) in [4.78, 5) is 17.6. The minimum absolute atomic E-state index is 0.0880. The van der Waals surface area contributed by atoms with Crippen molar-refractivity contribution < 1.29 is 4.42 Å². The van der Waals surface area contributed by atoms with E-state index in [0.717, 1.165) is 34.3 Å². The lowest BCUT2D eigenvalue weighted by atomic mass is 10.0. The molecule has 0 bridgehead atoms. The fourth-order valence-corrected chi connectivity index (χ4v) is 3.22. The molecule has 0 aliphatic carbocycles. The molecular weight excluding hydrogens is 346 g/mol.